The third-order valence-corrected chi connectivity index (χ3v) is 2.27. The zero-order valence-electron chi connectivity index (χ0n) is 8.81. The lowest BCUT2D eigenvalue weighted by molar-refractivity contribution is 0.0292. The monoisotopic (exact) mass is 186 g/mol. The van der Waals surface area contributed by atoms with Gasteiger partial charge in [0.1, 0.15) is 0 Å². The van der Waals surface area contributed by atoms with Crippen molar-refractivity contribution in [3.63, 3.8) is 0 Å². The third kappa shape index (κ3) is 5.24. The maximum Gasteiger partial charge on any atom is 0.0824 e. The van der Waals surface area contributed by atoms with Crippen molar-refractivity contribution in [3.05, 3.63) is 0 Å². The van der Waals surface area contributed by atoms with Crippen LogP contribution in [0.15, 0.2) is 0 Å². The summed E-state index contributed by atoms with van der Waals surface area (Å²) in [4.78, 5) is 0. The summed E-state index contributed by atoms with van der Waals surface area (Å²) in [5, 5.41) is 6.74. The third-order valence-electron chi connectivity index (χ3n) is 2.27. The predicted octanol–water partition coefficient (Wildman–Crippen LogP) is 0.611. The van der Waals surface area contributed by atoms with Crippen molar-refractivity contribution >= 4 is 0 Å². The van der Waals surface area contributed by atoms with E-state index in [9.17, 15) is 0 Å². The van der Waals surface area contributed by atoms with Crippen LogP contribution in [0, 0.1) is 5.92 Å². The molecule has 1 aliphatic heterocycles. The van der Waals surface area contributed by atoms with Crippen LogP contribution in [0.4, 0.5) is 0 Å². The van der Waals surface area contributed by atoms with E-state index in [2.05, 4.69) is 24.5 Å². The van der Waals surface area contributed by atoms with Crippen molar-refractivity contribution in [3.8, 4) is 0 Å². The zero-order valence-corrected chi connectivity index (χ0v) is 8.81. The first-order valence-electron chi connectivity index (χ1n) is 5.32. The molecule has 0 aromatic carbocycles. The molecule has 13 heavy (non-hydrogen) atoms. The quantitative estimate of drug-likeness (QED) is 0.617. The van der Waals surface area contributed by atoms with Gasteiger partial charge >= 0.3 is 0 Å². The molecule has 1 atom stereocenters. The van der Waals surface area contributed by atoms with Crippen molar-refractivity contribution in [2.75, 3.05) is 32.8 Å². The van der Waals surface area contributed by atoms with E-state index in [-0.39, 0.29) is 0 Å². The molecule has 3 nitrogen and oxygen atoms in total. The van der Waals surface area contributed by atoms with E-state index in [0.717, 1.165) is 38.7 Å². The van der Waals surface area contributed by atoms with Crippen LogP contribution >= 0.6 is 0 Å². The Morgan fingerprint density at radius 1 is 1.54 bits per heavy atom. The van der Waals surface area contributed by atoms with Crippen LogP contribution in [0.2, 0.25) is 0 Å². The molecule has 1 fully saturated rings. The van der Waals surface area contributed by atoms with Crippen LogP contribution in [0.1, 0.15) is 20.3 Å². The molecule has 3 heteroatoms. The van der Waals surface area contributed by atoms with E-state index in [1.807, 2.05) is 0 Å². The Morgan fingerprint density at radius 2 is 2.38 bits per heavy atom. The fraction of sp³-hybridized carbons (Fsp3) is 1.00. The summed E-state index contributed by atoms with van der Waals surface area (Å²) < 4.78 is 5.56. The molecule has 0 amide bonds. The molecule has 1 unspecified atom stereocenters. The van der Waals surface area contributed by atoms with E-state index in [4.69, 9.17) is 4.74 Å². The molecular weight excluding hydrogens is 164 g/mol. The molecule has 1 aliphatic rings. The molecule has 0 aromatic heterocycles. The van der Waals surface area contributed by atoms with E-state index < -0.39 is 0 Å². The molecule has 0 radical (unpaired) electrons. The van der Waals surface area contributed by atoms with Crippen molar-refractivity contribution in [2.24, 2.45) is 5.92 Å². The van der Waals surface area contributed by atoms with Gasteiger partial charge < -0.3 is 15.4 Å². The topological polar surface area (TPSA) is 33.3 Å². The summed E-state index contributed by atoms with van der Waals surface area (Å²) in [5.74, 6) is 0.790. The molecule has 1 rings (SSSR count). The highest BCUT2D eigenvalue weighted by molar-refractivity contribution is 4.69. The van der Waals surface area contributed by atoms with Gasteiger partial charge in [-0.3, -0.25) is 0 Å². The Hall–Kier alpha value is -0.120. The Balaban J connectivity index is 1.92. The Morgan fingerprint density at radius 3 is 3.00 bits per heavy atom. The maximum absolute atomic E-state index is 5.56. The van der Waals surface area contributed by atoms with Gasteiger partial charge in [0.15, 0.2) is 0 Å². The molecular formula is C10H22N2O. The number of ether oxygens (including phenoxy) is 1. The zero-order chi connectivity index (χ0) is 9.52. The van der Waals surface area contributed by atoms with Crippen LogP contribution in [-0.4, -0.2) is 38.9 Å². The number of rotatable bonds is 5. The Bertz CT molecular complexity index is 122. The van der Waals surface area contributed by atoms with Gasteiger partial charge in [-0.2, -0.15) is 0 Å². The minimum absolute atomic E-state index is 0.376. The Kier molecular flexibility index (Phi) is 5.35. The molecule has 0 spiro atoms. The first-order valence-corrected chi connectivity index (χ1v) is 5.32. The first kappa shape index (κ1) is 11.0. The summed E-state index contributed by atoms with van der Waals surface area (Å²) >= 11 is 0. The highest BCUT2D eigenvalue weighted by atomic mass is 16.5. The van der Waals surface area contributed by atoms with Gasteiger partial charge in [-0.15, -0.1) is 0 Å². The van der Waals surface area contributed by atoms with Crippen molar-refractivity contribution in [1.29, 1.82) is 0 Å². The lowest BCUT2D eigenvalue weighted by Crippen LogP contribution is -2.44. The van der Waals surface area contributed by atoms with E-state index >= 15 is 0 Å². The van der Waals surface area contributed by atoms with Gasteiger partial charge in [0, 0.05) is 19.6 Å². The lowest BCUT2D eigenvalue weighted by atomic mass is 10.1. The molecule has 78 valence electrons. The number of hydrogen-bond donors (Lipinski definition) is 2. The van der Waals surface area contributed by atoms with Crippen LogP contribution in [-0.2, 0) is 4.74 Å². The number of nitrogens with one attached hydrogen (secondary N) is 2. The van der Waals surface area contributed by atoms with Crippen LogP contribution in [0.5, 0.6) is 0 Å². The highest BCUT2D eigenvalue weighted by Crippen LogP contribution is 1.97. The van der Waals surface area contributed by atoms with E-state index in [0.29, 0.717) is 6.10 Å². The summed E-state index contributed by atoms with van der Waals surface area (Å²) in [5.41, 5.74) is 0. The second-order valence-electron chi connectivity index (χ2n) is 4.08. The van der Waals surface area contributed by atoms with Gasteiger partial charge in [-0.1, -0.05) is 13.8 Å². The smallest absolute Gasteiger partial charge is 0.0824 e. The van der Waals surface area contributed by atoms with Gasteiger partial charge in [0.25, 0.3) is 0 Å². The molecule has 2 N–H and O–H groups in total. The van der Waals surface area contributed by atoms with Crippen molar-refractivity contribution in [2.45, 2.75) is 26.4 Å². The molecule has 1 heterocycles. The minimum atomic E-state index is 0.376. The van der Waals surface area contributed by atoms with Gasteiger partial charge in [-0.05, 0) is 18.9 Å². The molecule has 0 saturated carbocycles. The second kappa shape index (κ2) is 6.35. The molecule has 0 aromatic rings. The minimum Gasteiger partial charge on any atom is -0.374 e. The fourth-order valence-electron chi connectivity index (χ4n) is 1.40. The van der Waals surface area contributed by atoms with E-state index in [1.165, 1.54) is 6.42 Å². The van der Waals surface area contributed by atoms with Crippen LogP contribution in [0.3, 0.4) is 0 Å². The van der Waals surface area contributed by atoms with Crippen molar-refractivity contribution in [1.82, 2.24) is 10.6 Å². The predicted molar refractivity (Wildman–Crippen MR) is 54.9 cm³/mol. The SMILES string of the molecule is CC(C)CCNCC1CNCCO1. The normalized spacial score (nSPS) is 23.8. The Labute approximate surface area is 81.2 Å². The van der Waals surface area contributed by atoms with E-state index in [1.54, 1.807) is 0 Å². The number of hydrogen-bond acceptors (Lipinski definition) is 3. The largest absolute Gasteiger partial charge is 0.374 e. The lowest BCUT2D eigenvalue weighted by Gasteiger charge is -2.23. The van der Waals surface area contributed by atoms with Gasteiger partial charge in [-0.25, -0.2) is 0 Å². The summed E-state index contributed by atoms with van der Waals surface area (Å²) in [6.07, 6.45) is 1.63. The van der Waals surface area contributed by atoms with Gasteiger partial charge in [0.05, 0.1) is 12.7 Å². The molecule has 0 aliphatic carbocycles. The standard InChI is InChI=1S/C10H22N2O/c1-9(2)3-4-11-7-10-8-12-5-6-13-10/h9-12H,3-8H2,1-2H3. The molecule has 0 bridgehead atoms. The summed E-state index contributed by atoms with van der Waals surface area (Å²) in [6.45, 7) is 9.45. The summed E-state index contributed by atoms with van der Waals surface area (Å²) in [6, 6.07) is 0. The molecule has 1 saturated heterocycles. The average molecular weight is 186 g/mol. The van der Waals surface area contributed by atoms with Crippen molar-refractivity contribution < 1.29 is 4.74 Å². The maximum atomic E-state index is 5.56. The average Bonchev–Trinajstić information content (AvgIpc) is 2.14. The summed E-state index contributed by atoms with van der Waals surface area (Å²) in [7, 11) is 0. The number of morpholine rings is 1. The fourth-order valence-corrected chi connectivity index (χ4v) is 1.40. The first-order chi connectivity index (χ1) is 6.29. The highest BCUT2D eigenvalue weighted by Gasteiger charge is 2.11. The van der Waals surface area contributed by atoms with Crippen LogP contribution in [0.25, 0.3) is 0 Å². The second-order valence-corrected chi connectivity index (χ2v) is 4.08. The van der Waals surface area contributed by atoms with Gasteiger partial charge in [0.2, 0.25) is 0 Å². The van der Waals surface area contributed by atoms with Crippen LogP contribution < -0.4 is 10.6 Å².